The number of hydrogen-bond acceptors (Lipinski definition) is 2. The summed E-state index contributed by atoms with van der Waals surface area (Å²) in [6.07, 6.45) is 0. The number of anilines is 1. The Morgan fingerprint density at radius 3 is 2.75 bits per heavy atom. The number of carbonyl (C=O) groups excluding carboxylic acids is 1. The van der Waals surface area contributed by atoms with E-state index in [2.05, 4.69) is 5.32 Å². The van der Waals surface area contributed by atoms with Crippen molar-refractivity contribution in [1.82, 2.24) is 0 Å². The maximum Gasteiger partial charge on any atom is 0.234 e. The number of thioether (sulfide) groups is 1. The standard InChI is InChI=1S/C15H13ClFNOS/c1-10-6-7-11(8-12(10)16)18-15(19)9-20-14-5-3-2-4-13(14)17/h2-8H,9H2,1H3,(H,18,19). The quantitative estimate of drug-likeness (QED) is 0.841. The predicted octanol–water partition coefficient (Wildman–Crippen LogP) is 4.52. The zero-order valence-corrected chi connectivity index (χ0v) is 12.4. The number of aryl methyl sites for hydroxylation is 1. The monoisotopic (exact) mass is 309 g/mol. The van der Waals surface area contributed by atoms with Gasteiger partial charge in [0.05, 0.1) is 5.75 Å². The fourth-order valence-corrected chi connectivity index (χ4v) is 2.49. The summed E-state index contributed by atoms with van der Waals surface area (Å²) in [5.74, 6) is -0.367. The summed E-state index contributed by atoms with van der Waals surface area (Å²) in [7, 11) is 0. The molecule has 0 aliphatic heterocycles. The van der Waals surface area contributed by atoms with Crippen LogP contribution in [-0.4, -0.2) is 11.7 Å². The van der Waals surface area contributed by atoms with Crippen LogP contribution in [0, 0.1) is 12.7 Å². The second-order valence-corrected chi connectivity index (χ2v) is 5.66. The highest BCUT2D eigenvalue weighted by molar-refractivity contribution is 8.00. The Morgan fingerprint density at radius 2 is 2.05 bits per heavy atom. The molecule has 0 saturated heterocycles. The van der Waals surface area contributed by atoms with Crippen LogP contribution in [-0.2, 0) is 4.79 Å². The van der Waals surface area contributed by atoms with Crippen molar-refractivity contribution in [2.24, 2.45) is 0 Å². The van der Waals surface area contributed by atoms with Crippen molar-refractivity contribution in [2.45, 2.75) is 11.8 Å². The van der Waals surface area contributed by atoms with E-state index >= 15 is 0 Å². The Labute approximate surface area is 126 Å². The highest BCUT2D eigenvalue weighted by atomic mass is 35.5. The first-order valence-corrected chi connectivity index (χ1v) is 7.36. The molecule has 0 spiro atoms. The zero-order valence-electron chi connectivity index (χ0n) is 10.8. The van der Waals surface area contributed by atoms with Crippen LogP contribution in [0.25, 0.3) is 0 Å². The number of hydrogen-bond donors (Lipinski definition) is 1. The third kappa shape index (κ3) is 3.99. The van der Waals surface area contributed by atoms with Crippen LogP contribution in [0.3, 0.4) is 0 Å². The minimum absolute atomic E-state index is 0.145. The molecule has 20 heavy (non-hydrogen) atoms. The summed E-state index contributed by atoms with van der Waals surface area (Å²) in [4.78, 5) is 12.3. The molecule has 2 aromatic carbocycles. The summed E-state index contributed by atoms with van der Waals surface area (Å²) in [6.45, 7) is 1.89. The summed E-state index contributed by atoms with van der Waals surface area (Å²) < 4.78 is 13.4. The fourth-order valence-electron chi connectivity index (χ4n) is 1.57. The Bertz CT molecular complexity index is 633. The molecule has 0 aliphatic rings. The van der Waals surface area contributed by atoms with E-state index in [-0.39, 0.29) is 17.5 Å². The Balaban J connectivity index is 1.93. The van der Waals surface area contributed by atoms with Crippen LogP contribution >= 0.6 is 23.4 Å². The minimum atomic E-state index is -0.316. The lowest BCUT2D eigenvalue weighted by Gasteiger charge is -2.07. The lowest BCUT2D eigenvalue weighted by Crippen LogP contribution is -2.14. The Morgan fingerprint density at radius 1 is 1.30 bits per heavy atom. The van der Waals surface area contributed by atoms with Gasteiger partial charge in [-0.15, -0.1) is 11.8 Å². The van der Waals surface area contributed by atoms with Crippen molar-refractivity contribution in [3.05, 3.63) is 58.9 Å². The second kappa shape index (κ2) is 6.77. The first kappa shape index (κ1) is 14.9. The van der Waals surface area contributed by atoms with Gasteiger partial charge in [0.15, 0.2) is 0 Å². The molecule has 104 valence electrons. The molecular weight excluding hydrogens is 297 g/mol. The average molecular weight is 310 g/mol. The van der Waals surface area contributed by atoms with E-state index in [9.17, 15) is 9.18 Å². The van der Waals surface area contributed by atoms with E-state index in [0.717, 1.165) is 17.3 Å². The second-order valence-electron chi connectivity index (χ2n) is 4.23. The molecule has 2 aromatic rings. The number of nitrogens with one attached hydrogen (secondary N) is 1. The smallest absolute Gasteiger partial charge is 0.234 e. The SMILES string of the molecule is Cc1ccc(NC(=O)CSc2ccccc2F)cc1Cl. The number of halogens is 2. The molecule has 2 nitrogen and oxygen atoms in total. The largest absolute Gasteiger partial charge is 0.325 e. The molecule has 5 heteroatoms. The lowest BCUT2D eigenvalue weighted by molar-refractivity contribution is -0.113. The van der Waals surface area contributed by atoms with Gasteiger partial charge in [0.2, 0.25) is 5.91 Å². The third-order valence-electron chi connectivity index (χ3n) is 2.65. The van der Waals surface area contributed by atoms with Crippen molar-refractivity contribution < 1.29 is 9.18 Å². The van der Waals surface area contributed by atoms with Gasteiger partial charge in [-0.1, -0.05) is 29.8 Å². The van der Waals surface area contributed by atoms with E-state index in [0.29, 0.717) is 15.6 Å². The van der Waals surface area contributed by atoms with Gasteiger partial charge in [0, 0.05) is 15.6 Å². The van der Waals surface area contributed by atoms with Crippen molar-refractivity contribution in [1.29, 1.82) is 0 Å². The van der Waals surface area contributed by atoms with Gasteiger partial charge in [-0.3, -0.25) is 4.79 Å². The van der Waals surface area contributed by atoms with Crippen LogP contribution < -0.4 is 5.32 Å². The van der Waals surface area contributed by atoms with Crippen molar-refractivity contribution in [3.63, 3.8) is 0 Å². The molecule has 1 amide bonds. The van der Waals surface area contributed by atoms with Crippen LogP contribution in [0.15, 0.2) is 47.4 Å². The van der Waals surface area contributed by atoms with E-state index in [1.54, 1.807) is 30.3 Å². The van der Waals surface area contributed by atoms with Gasteiger partial charge in [-0.2, -0.15) is 0 Å². The Hall–Kier alpha value is -1.52. The summed E-state index contributed by atoms with van der Waals surface area (Å²) >= 11 is 7.15. The molecule has 0 fully saturated rings. The van der Waals surface area contributed by atoms with Gasteiger partial charge in [0.1, 0.15) is 5.82 Å². The van der Waals surface area contributed by atoms with E-state index in [1.165, 1.54) is 6.07 Å². The molecule has 2 rings (SSSR count). The maximum atomic E-state index is 13.4. The number of benzene rings is 2. The minimum Gasteiger partial charge on any atom is -0.325 e. The van der Waals surface area contributed by atoms with E-state index in [1.807, 2.05) is 13.0 Å². The molecule has 0 aromatic heterocycles. The van der Waals surface area contributed by atoms with Gasteiger partial charge in [0.25, 0.3) is 0 Å². The van der Waals surface area contributed by atoms with Gasteiger partial charge < -0.3 is 5.32 Å². The molecule has 0 atom stereocenters. The van der Waals surface area contributed by atoms with Gasteiger partial charge in [-0.05, 0) is 36.8 Å². The van der Waals surface area contributed by atoms with Gasteiger partial charge in [-0.25, -0.2) is 4.39 Å². The van der Waals surface area contributed by atoms with Crippen molar-refractivity contribution in [2.75, 3.05) is 11.1 Å². The zero-order chi connectivity index (χ0) is 14.5. The van der Waals surface area contributed by atoms with Crippen LogP contribution in [0.5, 0.6) is 0 Å². The maximum absolute atomic E-state index is 13.4. The molecule has 1 N–H and O–H groups in total. The van der Waals surface area contributed by atoms with Crippen LogP contribution in [0.4, 0.5) is 10.1 Å². The van der Waals surface area contributed by atoms with Gasteiger partial charge >= 0.3 is 0 Å². The third-order valence-corrected chi connectivity index (χ3v) is 4.11. The molecule has 0 heterocycles. The average Bonchev–Trinajstić information content (AvgIpc) is 2.42. The van der Waals surface area contributed by atoms with Crippen molar-refractivity contribution in [3.8, 4) is 0 Å². The molecule has 0 unspecified atom stereocenters. The molecular formula is C15H13ClFNOS. The van der Waals surface area contributed by atoms with Crippen molar-refractivity contribution >= 4 is 35.0 Å². The van der Waals surface area contributed by atoms with Crippen LogP contribution in [0.1, 0.15) is 5.56 Å². The number of rotatable bonds is 4. The molecule has 0 aliphatic carbocycles. The Kier molecular flexibility index (Phi) is 5.04. The van der Waals surface area contributed by atoms with Crippen LogP contribution in [0.2, 0.25) is 5.02 Å². The fraction of sp³-hybridized carbons (Fsp3) is 0.133. The molecule has 0 radical (unpaired) electrons. The summed E-state index contributed by atoms with van der Waals surface area (Å²) in [5.41, 5.74) is 1.59. The first-order chi connectivity index (χ1) is 9.56. The summed E-state index contributed by atoms with van der Waals surface area (Å²) in [5, 5.41) is 3.33. The lowest BCUT2D eigenvalue weighted by atomic mass is 10.2. The number of carbonyl (C=O) groups is 1. The highest BCUT2D eigenvalue weighted by Crippen LogP contribution is 2.23. The summed E-state index contributed by atoms with van der Waals surface area (Å²) in [6, 6.07) is 11.7. The first-order valence-electron chi connectivity index (χ1n) is 5.99. The topological polar surface area (TPSA) is 29.1 Å². The normalized spacial score (nSPS) is 10.3. The van der Waals surface area contributed by atoms with E-state index < -0.39 is 0 Å². The number of amides is 1. The molecule has 0 bridgehead atoms. The predicted molar refractivity (Wildman–Crippen MR) is 81.9 cm³/mol. The highest BCUT2D eigenvalue weighted by Gasteiger charge is 2.07. The van der Waals surface area contributed by atoms with E-state index in [4.69, 9.17) is 11.6 Å². The molecule has 0 saturated carbocycles.